The molecule has 0 saturated carbocycles. The van der Waals surface area contributed by atoms with Crippen molar-refractivity contribution in [1.82, 2.24) is 0 Å². The minimum absolute atomic E-state index is 0.0661. The largest absolute Gasteiger partial charge is 0.398 e. The Morgan fingerprint density at radius 3 is 2.44 bits per heavy atom. The highest BCUT2D eigenvalue weighted by atomic mass is 16.1. The maximum Gasteiger partial charge on any atom is 0.169 e. The van der Waals surface area contributed by atoms with E-state index in [0.29, 0.717) is 17.7 Å². The van der Waals surface area contributed by atoms with Crippen molar-refractivity contribution in [2.24, 2.45) is 0 Å². The predicted molar refractivity (Wildman–Crippen MR) is 74.8 cm³/mol. The molecule has 0 bridgehead atoms. The van der Waals surface area contributed by atoms with Crippen LogP contribution in [0.25, 0.3) is 0 Å². The molecular formula is C16H17NO. The number of para-hydroxylation sites is 1. The molecule has 0 spiro atoms. The monoisotopic (exact) mass is 239 g/mol. The number of aryl methyl sites for hydroxylation is 2. The second kappa shape index (κ2) is 5.05. The number of hydrogen-bond donors (Lipinski definition) is 1. The number of nitrogen functional groups attached to an aromatic ring is 1. The Balaban J connectivity index is 2.22. The lowest BCUT2D eigenvalue weighted by Gasteiger charge is -2.06. The van der Waals surface area contributed by atoms with Crippen molar-refractivity contribution in [3.05, 3.63) is 64.7 Å². The van der Waals surface area contributed by atoms with Crippen molar-refractivity contribution < 1.29 is 4.79 Å². The van der Waals surface area contributed by atoms with Crippen LogP contribution < -0.4 is 5.73 Å². The molecule has 0 aliphatic heterocycles. The van der Waals surface area contributed by atoms with Gasteiger partial charge in [-0.25, -0.2) is 0 Å². The van der Waals surface area contributed by atoms with E-state index in [4.69, 9.17) is 5.73 Å². The highest BCUT2D eigenvalue weighted by Crippen LogP contribution is 2.16. The first-order chi connectivity index (χ1) is 8.58. The lowest BCUT2D eigenvalue weighted by molar-refractivity contribution is 0.0994. The summed E-state index contributed by atoms with van der Waals surface area (Å²) in [7, 11) is 0. The van der Waals surface area contributed by atoms with E-state index in [9.17, 15) is 4.79 Å². The molecule has 0 aromatic heterocycles. The van der Waals surface area contributed by atoms with Crippen molar-refractivity contribution in [3.63, 3.8) is 0 Å². The molecule has 2 rings (SSSR count). The molecule has 0 heterocycles. The molecule has 2 aromatic carbocycles. The standard InChI is InChI=1S/C16H17NO/c1-11-7-8-13(9-12(11)2)10-16(18)14-5-3-4-6-15(14)17/h3-9H,10,17H2,1-2H3. The fourth-order valence-corrected chi connectivity index (χ4v) is 1.95. The summed E-state index contributed by atoms with van der Waals surface area (Å²) < 4.78 is 0. The van der Waals surface area contributed by atoms with E-state index in [1.165, 1.54) is 11.1 Å². The number of ketones is 1. The van der Waals surface area contributed by atoms with E-state index in [1.54, 1.807) is 12.1 Å². The lowest BCUT2D eigenvalue weighted by atomic mass is 9.99. The SMILES string of the molecule is Cc1ccc(CC(=O)c2ccccc2N)cc1C. The molecule has 0 amide bonds. The summed E-state index contributed by atoms with van der Waals surface area (Å²) in [6.45, 7) is 4.12. The van der Waals surface area contributed by atoms with E-state index in [0.717, 1.165) is 5.56 Å². The van der Waals surface area contributed by atoms with Gasteiger partial charge in [-0.2, -0.15) is 0 Å². The summed E-state index contributed by atoms with van der Waals surface area (Å²) >= 11 is 0. The van der Waals surface area contributed by atoms with E-state index in [1.807, 2.05) is 24.3 Å². The molecule has 0 unspecified atom stereocenters. The minimum atomic E-state index is 0.0661. The molecule has 2 heteroatoms. The van der Waals surface area contributed by atoms with Crippen LogP contribution in [0.3, 0.4) is 0 Å². The fourth-order valence-electron chi connectivity index (χ4n) is 1.95. The summed E-state index contributed by atoms with van der Waals surface area (Å²) in [6.07, 6.45) is 0.398. The van der Waals surface area contributed by atoms with Gasteiger partial charge in [0.25, 0.3) is 0 Å². The Labute approximate surface area is 107 Å². The maximum atomic E-state index is 12.2. The smallest absolute Gasteiger partial charge is 0.169 e. The lowest BCUT2D eigenvalue weighted by Crippen LogP contribution is -2.07. The van der Waals surface area contributed by atoms with E-state index >= 15 is 0 Å². The number of anilines is 1. The Morgan fingerprint density at radius 2 is 1.78 bits per heavy atom. The molecule has 2 aromatic rings. The topological polar surface area (TPSA) is 43.1 Å². The number of hydrogen-bond acceptors (Lipinski definition) is 2. The van der Waals surface area contributed by atoms with Crippen LogP contribution in [-0.4, -0.2) is 5.78 Å². The zero-order valence-corrected chi connectivity index (χ0v) is 10.7. The van der Waals surface area contributed by atoms with Crippen LogP contribution in [0.4, 0.5) is 5.69 Å². The quantitative estimate of drug-likeness (QED) is 0.659. The van der Waals surface area contributed by atoms with Gasteiger partial charge in [-0.1, -0.05) is 30.3 Å². The van der Waals surface area contributed by atoms with Crippen LogP contribution in [0.2, 0.25) is 0 Å². The van der Waals surface area contributed by atoms with E-state index in [-0.39, 0.29) is 5.78 Å². The highest BCUT2D eigenvalue weighted by Gasteiger charge is 2.10. The zero-order chi connectivity index (χ0) is 13.1. The van der Waals surface area contributed by atoms with Crippen molar-refractivity contribution in [3.8, 4) is 0 Å². The van der Waals surface area contributed by atoms with Crippen LogP contribution in [0.5, 0.6) is 0 Å². The van der Waals surface area contributed by atoms with Crippen molar-refractivity contribution >= 4 is 11.5 Å². The van der Waals surface area contributed by atoms with Gasteiger partial charge in [0.05, 0.1) is 0 Å². The molecule has 0 aliphatic rings. The number of Topliss-reactive ketones (excluding diaryl/α,β-unsaturated/α-hetero) is 1. The van der Waals surface area contributed by atoms with E-state index in [2.05, 4.69) is 19.9 Å². The second-order valence-electron chi connectivity index (χ2n) is 4.61. The highest BCUT2D eigenvalue weighted by molar-refractivity contribution is 6.01. The van der Waals surface area contributed by atoms with E-state index < -0.39 is 0 Å². The van der Waals surface area contributed by atoms with Gasteiger partial charge in [-0.05, 0) is 42.7 Å². The molecule has 0 atom stereocenters. The van der Waals surface area contributed by atoms with Crippen LogP contribution in [0, 0.1) is 13.8 Å². The molecule has 0 saturated heterocycles. The summed E-state index contributed by atoms with van der Waals surface area (Å²) in [5.74, 6) is 0.0661. The molecule has 0 fully saturated rings. The van der Waals surface area contributed by atoms with Crippen molar-refractivity contribution in [1.29, 1.82) is 0 Å². The fraction of sp³-hybridized carbons (Fsp3) is 0.188. The predicted octanol–water partition coefficient (Wildman–Crippen LogP) is 3.31. The molecule has 18 heavy (non-hydrogen) atoms. The number of carbonyl (C=O) groups excluding carboxylic acids is 1. The molecule has 0 radical (unpaired) electrons. The third-order valence-corrected chi connectivity index (χ3v) is 3.20. The first-order valence-corrected chi connectivity index (χ1v) is 6.02. The maximum absolute atomic E-state index is 12.2. The molecule has 0 aliphatic carbocycles. The molecule has 92 valence electrons. The average molecular weight is 239 g/mol. The third kappa shape index (κ3) is 2.59. The zero-order valence-electron chi connectivity index (χ0n) is 10.7. The normalized spacial score (nSPS) is 10.3. The Kier molecular flexibility index (Phi) is 3.47. The Bertz CT molecular complexity index is 587. The van der Waals surface area contributed by atoms with Crippen molar-refractivity contribution in [2.45, 2.75) is 20.3 Å². The molecule has 2 N–H and O–H groups in total. The Morgan fingerprint density at radius 1 is 1.06 bits per heavy atom. The van der Waals surface area contributed by atoms with Crippen LogP contribution >= 0.6 is 0 Å². The van der Waals surface area contributed by atoms with Crippen molar-refractivity contribution in [2.75, 3.05) is 5.73 Å². The molecular weight excluding hydrogens is 222 g/mol. The minimum Gasteiger partial charge on any atom is -0.398 e. The van der Waals surface area contributed by atoms with Gasteiger partial charge >= 0.3 is 0 Å². The summed E-state index contributed by atoms with van der Waals surface area (Å²) in [6, 6.07) is 13.3. The van der Waals surface area contributed by atoms with Gasteiger partial charge < -0.3 is 5.73 Å². The number of benzene rings is 2. The summed E-state index contributed by atoms with van der Waals surface area (Å²) in [5.41, 5.74) is 10.4. The van der Waals surface area contributed by atoms with Crippen LogP contribution in [0.1, 0.15) is 27.0 Å². The summed E-state index contributed by atoms with van der Waals surface area (Å²) in [4.78, 5) is 12.2. The molecule has 2 nitrogen and oxygen atoms in total. The number of nitrogens with two attached hydrogens (primary N) is 1. The second-order valence-corrected chi connectivity index (χ2v) is 4.61. The number of rotatable bonds is 3. The van der Waals surface area contributed by atoms with Gasteiger partial charge in [0.1, 0.15) is 0 Å². The van der Waals surface area contributed by atoms with Gasteiger partial charge in [0, 0.05) is 17.7 Å². The first-order valence-electron chi connectivity index (χ1n) is 6.02. The number of carbonyl (C=O) groups is 1. The van der Waals surface area contributed by atoms with Crippen LogP contribution in [-0.2, 0) is 6.42 Å². The third-order valence-electron chi connectivity index (χ3n) is 3.20. The van der Waals surface area contributed by atoms with Crippen LogP contribution in [0.15, 0.2) is 42.5 Å². The first kappa shape index (κ1) is 12.4. The Hall–Kier alpha value is -2.09. The van der Waals surface area contributed by atoms with Gasteiger partial charge in [-0.3, -0.25) is 4.79 Å². The average Bonchev–Trinajstić information content (AvgIpc) is 2.34. The summed E-state index contributed by atoms with van der Waals surface area (Å²) in [5, 5.41) is 0. The van der Waals surface area contributed by atoms with Gasteiger partial charge in [-0.15, -0.1) is 0 Å². The van der Waals surface area contributed by atoms with Gasteiger partial charge in [0.15, 0.2) is 5.78 Å². The van der Waals surface area contributed by atoms with Gasteiger partial charge in [0.2, 0.25) is 0 Å².